The van der Waals surface area contributed by atoms with Crippen LogP contribution in [0.25, 0.3) is 0 Å². The molecule has 0 aromatic heterocycles. The second-order valence-corrected chi connectivity index (χ2v) is 6.34. The fourth-order valence-electron chi connectivity index (χ4n) is 2.20. The highest BCUT2D eigenvalue weighted by atomic mass is 35.5. The molecule has 128 valence electrons. The van der Waals surface area contributed by atoms with Gasteiger partial charge in [0, 0.05) is 6.54 Å². The van der Waals surface area contributed by atoms with Crippen molar-refractivity contribution in [3.63, 3.8) is 0 Å². The summed E-state index contributed by atoms with van der Waals surface area (Å²) in [6, 6.07) is 12.5. The molecule has 2 aromatic rings. The van der Waals surface area contributed by atoms with E-state index in [9.17, 15) is 4.79 Å². The van der Waals surface area contributed by atoms with Crippen molar-refractivity contribution in [3.8, 4) is 5.75 Å². The smallest absolute Gasteiger partial charge is 0.241 e. The summed E-state index contributed by atoms with van der Waals surface area (Å²) < 4.78 is 5.15. The van der Waals surface area contributed by atoms with Gasteiger partial charge in [-0.25, -0.2) is 0 Å². The van der Waals surface area contributed by atoms with Gasteiger partial charge in [0.2, 0.25) is 5.91 Å². The van der Waals surface area contributed by atoms with Crippen LogP contribution in [-0.2, 0) is 11.3 Å². The predicted molar refractivity (Wildman–Crippen MR) is 99.0 cm³/mol. The van der Waals surface area contributed by atoms with Crippen molar-refractivity contribution < 1.29 is 9.53 Å². The molecule has 6 heteroatoms. The first-order chi connectivity index (χ1) is 11.4. The highest BCUT2D eigenvalue weighted by Crippen LogP contribution is 2.30. The van der Waals surface area contributed by atoms with Gasteiger partial charge < -0.3 is 10.1 Å². The third-order valence-electron chi connectivity index (χ3n) is 3.84. The second kappa shape index (κ2) is 8.38. The SMILES string of the molecule is COc1ccc(CN(C)[C@@H](C)C(=O)Nc2c(Cl)cccc2Cl)cc1. The molecule has 4 nitrogen and oxygen atoms in total. The molecule has 0 bridgehead atoms. The number of methoxy groups -OCH3 is 1. The Hall–Kier alpha value is -1.75. The van der Waals surface area contributed by atoms with Crippen LogP contribution in [0.15, 0.2) is 42.5 Å². The lowest BCUT2D eigenvalue weighted by atomic mass is 10.1. The third-order valence-corrected chi connectivity index (χ3v) is 4.47. The largest absolute Gasteiger partial charge is 0.497 e. The van der Waals surface area contributed by atoms with Crippen LogP contribution < -0.4 is 10.1 Å². The minimum atomic E-state index is -0.348. The number of hydrogen-bond donors (Lipinski definition) is 1. The van der Waals surface area contributed by atoms with Crippen LogP contribution in [0, 0.1) is 0 Å². The topological polar surface area (TPSA) is 41.6 Å². The van der Waals surface area contributed by atoms with Crippen LogP contribution >= 0.6 is 23.2 Å². The molecule has 0 aliphatic heterocycles. The molecule has 1 atom stereocenters. The van der Waals surface area contributed by atoms with Gasteiger partial charge in [-0.3, -0.25) is 9.69 Å². The van der Waals surface area contributed by atoms with Gasteiger partial charge in [-0.1, -0.05) is 41.4 Å². The fourth-order valence-corrected chi connectivity index (χ4v) is 2.69. The second-order valence-electron chi connectivity index (χ2n) is 5.53. The number of likely N-dealkylation sites (N-methyl/N-ethyl adjacent to an activating group) is 1. The van der Waals surface area contributed by atoms with E-state index >= 15 is 0 Å². The number of anilines is 1. The summed E-state index contributed by atoms with van der Waals surface area (Å²) in [6.45, 7) is 2.47. The molecule has 2 rings (SSSR count). The van der Waals surface area contributed by atoms with Gasteiger partial charge in [-0.15, -0.1) is 0 Å². The zero-order valence-electron chi connectivity index (χ0n) is 13.8. The van der Waals surface area contributed by atoms with Crippen LogP contribution in [-0.4, -0.2) is 31.0 Å². The normalized spacial score (nSPS) is 12.1. The van der Waals surface area contributed by atoms with Crippen LogP contribution in [0.2, 0.25) is 10.0 Å². The molecule has 0 heterocycles. The van der Waals surface area contributed by atoms with Crippen molar-refractivity contribution in [2.75, 3.05) is 19.5 Å². The lowest BCUT2D eigenvalue weighted by Crippen LogP contribution is -2.39. The van der Waals surface area contributed by atoms with E-state index in [1.807, 2.05) is 43.1 Å². The molecule has 0 saturated heterocycles. The summed E-state index contributed by atoms with van der Waals surface area (Å²) in [4.78, 5) is 14.4. The Balaban J connectivity index is 2.01. The Bertz CT molecular complexity index is 684. The summed E-state index contributed by atoms with van der Waals surface area (Å²) >= 11 is 12.2. The van der Waals surface area contributed by atoms with Crippen LogP contribution in [0.1, 0.15) is 12.5 Å². The average Bonchev–Trinajstić information content (AvgIpc) is 2.58. The Morgan fingerprint density at radius 1 is 1.17 bits per heavy atom. The fraction of sp³-hybridized carbons (Fsp3) is 0.278. The standard InChI is InChI=1S/C18H20Cl2N2O2/c1-12(18(23)21-17-15(19)5-4-6-16(17)20)22(2)11-13-7-9-14(24-3)10-8-13/h4-10,12H,11H2,1-3H3,(H,21,23)/t12-/m0/s1. The van der Waals surface area contributed by atoms with Gasteiger partial charge in [0.15, 0.2) is 0 Å². The molecule has 24 heavy (non-hydrogen) atoms. The first-order valence-electron chi connectivity index (χ1n) is 7.50. The number of nitrogens with one attached hydrogen (secondary N) is 1. The van der Waals surface area contributed by atoms with E-state index in [0.29, 0.717) is 22.3 Å². The van der Waals surface area contributed by atoms with Crippen LogP contribution in [0.4, 0.5) is 5.69 Å². The van der Waals surface area contributed by atoms with Gasteiger partial charge in [0.1, 0.15) is 5.75 Å². The van der Waals surface area contributed by atoms with Crippen molar-refractivity contribution in [1.29, 1.82) is 0 Å². The first-order valence-corrected chi connectivity index (χ1v) is 8.26. The van der Waals surface area contributed by atoms with Gasteiger partial charge in [0.25, 0.3) is 0 Å². The van der Waals surface area contributed by atoms with E-state index in [0.717, 1.165) is 11.3 Å². The third kappa shape index (κ3) is 4.63. The zero-order valence-corrected chi connectivity index (χ0v) is 15.4. The quantitative estimate of drug-likeness (QED) is 0.820. The molecule has 1 amide bonds. The van der Waals surface area contributed by atoms with Gasteiger partial charge >= 0.3 is 0 Å². The molecule has 0 radical (unpaired) electrons. The number of rotatable bonds is 6. The van der Waals surface area contributed by atoms with Crippen molar-refractivity contribution in [3.05, 3.63) is 58.1 Å². The van der Waals surface area contributed by atoms with Crippen molar-refractivity contribution in [2.45, 2.75) is 19.5 Å². The van der Waals surface area contributed by atoms with E-state index in [4.69, 9.17) is 27.9 Å². The maximum atomic E-state index is 12.5. The summed E-state index contributed by atoms with van der Waals surface area (Å²) in [5.41, 5.74) is 1.53. The van der Waals surface area contributed by atoms with E-state index in [-0.39, 0.29) is 11.9 Å². The van der Waals surface area contributed by atoms with E-state index < -0.39 is 0 Å². The molecule has 1 N–H and O–H groups in total. The van der Waals surface area contributed by atoms with Gasteiger partial charge in [-0.2, -0.15) is 0 Å². The number of carbonyl (C=O) groups excluding carboxylic acids is 1. The number of carbonyl (C=O) groups is 1. The Morgan fingerprint density at radius 3 is 2.29 bits per heavy atom. The number of para-hydroxylation sites is 1. The van der Waals surface area contributed by atoms with E-state index in [1.54, 1.807) is 25.3 Å². The molecule has 0 fully saturated rings. The maximum absolute atomic E-state index is 12.5. The molecule has 0 unspecified atom stereocenters. The van der Waals surface area contributed by atoms with E-state index in [1.165, 1.54) is 0 Å². The minimum Gasteiger partial charge on any atom is -0.497 e. The van der Waals surface area contributed by atoms with Crippen LogP contribution in [0.3, 0.4) is 0 Å². The predicted octanol–water partition coefficient (Wildman–Crippen LogP) is 4.46. The summed E-state index contributed by atoms with van der Waals surface area (Å²) in [6.07, 6.45) is 0. The molecular weight excluding hydrogens is 347 g/mol. The van der Waals surface area contributed by atoms with Crippen molar-refractivity contribution in [2.24, 2.45) is 0 Å². The lowest BCUT2D eigenvalue weighted by Gasteiger charge is -2.24. The first kappa shape index (κ1) is 18.6. The highest BCUT2D eigenvalue weighted by molar-refractivity contribution is 6.39. The summed E-state index contributed by atoms with van der Waals surface area (Å²) in [5.74, 6) is 0.640. The number of halogens is 2. The van der Waals surface area contributed by atoms with Crippen molar-refractivity contribution >= 4 is 34.8 Å². The molecule has 0 aliphatic carbocycles. The van der Waals surface area contributed by atoms with Gasteiger partial charge in [-0.05, 0) is 43.8 Å². The number of amides is 1. The molecule has 0 saturated carbocycles. The monoisotopic (exact) mass is 366 g/mol. The molecule has 0 spiro atoms. The highest BCUT2D eigenvalue weighted by Gasteiger charge is 2.20. The Kier molecular flexibility index (Phi) is 6.49. The van der Waals surface area contributed by atoms with E-state index in [2.05, 4.69) is 5.32 Å². The number of nitrogens with zero attached hydrogens (tertiary/aromatic N) is 1. The van der Waals surface area contributed by atoms with Gasteiger partial charge in [0.05, 0.1) is 28.9 Å². The minimum absolute atomic E-state index is 0.166. The number of benzene rings is 2. The number of ether oxygens (including phenoxy) is 1. The Labute approximate surface area is 152 Å². The summed E-state index contributed by atoms with van der Waals surface area (Å²) in [5, 5.41) is 3.63. The Morgan fingerprint density at radius 2 is 1.75 bits per heavy atom. The molecule has 0 aliphatic rings. The lowest BCUT2D eigenvalue weighted by molar-refractivity contribution is -0.120. The maximum Gasteiger partial charge on any atom is 0.241 e. The molecule has 2 aromatic carbocycles. The van der Waals surface area contributed by atoms with Crippen molar-refractivity contribution in [1.82, 2.24) is 4.90 Å². The van der Waals surface area contributed by atoms with Crippen LogP contribution in [0.5, 0.6) is 5.75 Å². The molecular formula is C18H20Cl2N2O2. The zero-order chi connectivity index (χ0) is 17.7. The average molecular weight is 367 g/mol. The summed E-state index contributed by atoms with van der Waals surface area (Å²) in [7, 11) is 3.52. The number of hydrogen-bond acceptors (Lipinski definition) is 3.